The van der Waals surface area contributed by atoms with Gasteiger partial charge in [0.05, 0.1) is 18.6 Å². The number of rotatable bonds is 6. The van der Waals surface area contributed by atoms with Crippen LogP contribution in [0.25, 0.3) is 0 Å². The highest BCUT2D eigenvalue weighted by Gasteiger charge is 2.22. The van der Waals surface area contributed by atoms with Crippen LogP contribution in [-0.2, 0) is 4.79 Å². The molecule has 0 heterocycles. The van der Waals surface area contributed by atoms with Crippen molar-refractivity contribution in [1.29, 1.82) is 0 Å². The van der Waals surface area contributed by atoms with E-state index in [0.717, 1.165) is 6.21 Å². The molecule has 3 atom stereocenters. The molecule has 88 valence electrons. The van der Waals surface area contributed by atoms with E-state index in [4.69, 9.17) is 20.4 Å². The molecule has 1 amide bonds. The molecule has 8 heteroatoms. The Labute approximate surface area is 91.8 Å². The highest BCUT2D eigenvalue weighted by molar-refractivity contribution is 7.81. The van der Waals surface area contributed by atoms with E-state index in [2.05, 4.69) is 17.7 Å². The number of hydrogen-bond acceptors (Lipinski definition) is 7. The van der Waals surface area contributed by atoms with Crippen LogP contribution in [0.1, 0.15) is 0 Å². The number of carbonyl (C=O) groups excluding carboxylic acids is 1. The van der Waals surface area contributed by atoms with Crippen LogP contribution in [-0.4, -0.2) is 63.2 Å². The van der Waals surface area contributed by atoms with Crippen molar-refractivity contribution in [3.63, 3.8) is 0 Å². The van der Waals surface area contributed by atoms with Crippen molar-refractivity contribution in [1.82, 2.24) is 5.43 Å². The van der Waals surface area contributed by atoms with E-state index in [1.165, 1.54) is 0 Å². The fourth-order valence-corrected chi connectivity index (χ4v) is 0.715. The van der Waals surface area contributed by atoms with Crippen molar-refractivity contribution in [2.24, 2.45) is 5.10 Å². The van der Waals surface area contributed by atoms with Crippen molar-refractivity contribution in [3.8, 4) is 0 Å². The van der Waals surface area contributed by atoms with E-state index in [1.807, 2.05) is 5.43 Å². The normalized spacial score (nSPS) is 17.4. The lowest BCUT2D eigenvalue weighted by Gasteiger charge is -2.17. The number of hydrazone groups is 1. The van der Waals surface area contributed by atoms with Gasteiger partial charge in [0.15, 0.2) is 0 Å². The standard InChI is InChI=1S/C7H14N2O5S/c10-2-5(12)7(14)4(11)1-8-9-6(13)3-15/h1,4-5,7,10-12,14-15H,2-3H2,(H,9,13)/t4-,5+,7+/m0/s1. The second kappa shape index (κ2) is 7.60. The third-order valence-electron chi connectivity index (χ3n) is 1.49. The fraction of sp³-hybridized carbons (Fsp3) is 0.714. The molecule has 0 aliphatic rings. The number of aliphatic hydroxyl groups is 4. The lowest BCUT2D eigenvalue weighted by Crippen LogP contribution is -2.40. The van der Waals surface area contributed by atoms with Crippen LogP contribution in [0.15, 0.2) is 5.10 Å². The summed E-state index contributed by atoms with van der Waals surface area (Å²) in [4.78, 5) is 10.6. The lowest BCUT2D eigenvalue weighted by atomic mass is 10.1. The van der Waals surface area contributed by atoms with Gasteiger partial charge in [0.2, 0.25) is 5.91 Å². The summed E-state index contributed by atoms with van der Waals surface area (Å²) >= 11 is 3.66. The van der Waals surface area contributed by atoms with Gasteiger partial charge in [-0.25, -0.2) is 5.43 Å². The van der Waals surface area contributed by atoms with Gasteiger partial charge in [0.25, 0.3) is 0 Å². The number of nitrogens with zero attached hydrogens (tertiary/aromatic N) is 1. The molecular formula is C7H14N2O5S. The van der Waals surface area contributed by atoms with Crippen molar-refractivity contribution < 1.29 is 25.2 Å². The molecular weight excluding hydrogens is 224 g/mol. The minimum atomic E-state index is -1.56. The number of hydrogen-bond donors (Lipinski definition) is 6. The number of nitrogens with one attached hydrogen (secondary N) is 1. The topological polar surface area (TPSA) is 122 Å². The van der Waals surface area contributed by atoms with Crippen LogP contribution in [0, 0.1) is 0 Å². The summed E-state index contributed by atoms with van der Waals surface area (Å²) in [5.74, 6) is -0.533. The number of thiol groups is 1. The van der Waals surface area contributed by atoms with Gasteiger partial charge in [-0.3, -0.25) is 4.79 Å². The Balaban J connectivity index is 4.00. The molecule has 0 aliphatic heterocycles. The van der Waals surface area contributed by atoms with Crippen LogP contribution in [0.2, 0.25) is 0 Å². The minimum absolute atomic E-state index is 0.0603. The number of aliphatic hydroxyl groups excluding tert-OH is 4. The summed E-state index contributed by atoms with van der Waals surface area (Å²) < 4.78 is 0. The minimum Gasteiger partial charge on any atom is -0.394 e. The maximum Gasteiger partial charge on any atom is 0.249 e. The zero-order valence-electron chi connectivity index (χ0n) is 7.82. The second-order valence-electron chi connectivity index (χ2n) is 2.70. The molecule has 0 aromatic carbocycles. The summed E-state index contributed by atoms with van der Waals surface area (Å²) in [7, 11) is 0. The van der Waals surface area contributed by atoms with E-state index in [0.29, 0.717) is 0 Å². The van der Waals surface area contributed by atoms with Crippen LogP contribution < -0.4 is 5.43 Å². The van der Waals surface area contributed by atoms with Crippen LogP contribution in [0.5, 0.6) is 0 Å². The Bertz CT molecular complexity index is 225. The van der Waals surface area contributed by atoms with Crippen molar-refractivity contribution >= 4 is 24.8 Å². The summed E-state index contributed by atoms with van der Waals surface area (Å²) in [5, 5.41) is 39.0. The zero-order chi connectivity index (χ0) is 11.8. The van der Waals surface area contributed by atoms with Gasteiger partial charge in [0, 0.05) is 0 Å². The first-order valence-electron chi connectivity index (χ1n) is 4.10. The number of carbonyl (C=O) groups is 1. The zero-order valence-corrected chi connectivity index (χ0v) is 8.71. The molecule has 0 saturated carbocycles. The molecule has 0 fully saturated rings. The molecule has 0 aromatic heterocycles. The van der Waals surface area contributed by atoms with Crippen molar-refractivity contribution in [2.75, 3.05) is 12.4 Å². The largest absolute Gasteiger partial charge is 0.394 e. The summed E-state index contributed by atoms with van der Waals surface area (Å²) in [5.41, 5.74) is 2.01. The number of amides is 1. The van der Waals surface area contributed by atoms with Crippen LogP contribution >= 0.6 is 12.6 Å². The summed E-state index contributed by atoms with van der Waals surface area (Å²) in [6, 6.07) is 0. The Hall–Kier alpha value is -0.670. The second-order valence-corrected chi connectivity index (χ2v) is 3.02. The van der Waals surface area contributed by atoms with Crippen molar-refractivity contribution in [3.05, 3.63) is 0 Å². The average molecular weight is 238 g/mol. The maximum atomic E-state index is 10.6. The van der Waals surface area contributed by atoms with Crippen molar-refractivity contribution in [2.45, 2.75) is 18.3 Å². The maximum absolute atomic E-state index is 10.6. The molecule has 0 aliphatic carbocycles. The Morgan fingerprint density at radius 1 is 1.47 bits per heavy atom. The summed E-state index contributed by atoms with van der Waals surface area (Å²) in [6.07, 6.45) is -3.67. The van der Waals surface area contributed by atoms with Gasteiger partial charge in [-0.15, -0.1) is 0 Å². The van der Waals surface area contributed by atoms with E-state index in [9.17, 15) is 4.79 Å². The van der Waals surface area contributed by atoms with E-state index in [-0.39, 0.29) is 5.75 Å². The fourth-order valence-electron chi connectivity index (χ4n) is 0.645. The third-order valence-corrected chi connectivity index (χ3v) is 1.78. The Kier molecular flexibility index (Phi) is 7.26. The molecule has 0 unspecified atom stereocenters. The molecule has 0 aromatic rings. The molecule has 5 N–H and O–H groups in total. The highest BCUT2D eigenvalue weighted by Crippen LogP contribution is 1.97. The van der Waals surface area contributed by atoms with Crippen LogP contribution in [0.4, 0.5) is 0 Å². The van der Waals surface area contributed by atoms with Gasteiger partial charge >= 0.3 is 0 Å². The molecule has 0 bridgehead atoms. The van der Waals surface area contributed by atoms with Crippen LogP contribution in [0.3, 0.4) is 0 Å². The molecule has 7 nitrogen and oxygen atoms in total. The van der Waals surface area contributed by atoms with Gasteiger partial charge in [0.1, 0.15) is 18.3 Å². The molecule has 0 spiro atoms. The lowest BCUT2D eigenvalue weighted by molar-refractivity contribution is -0.118. The van der Waals surface area contributed by atoms with E-state index in [1.54, 1.807) is 0 Å². The van der Waals surface area contributed by atoms with E-state index < -0.39 is 30.8 Å². The van der Waals surface area contributed by atoms with Gasteiger partial charge in [-0.05, 0) is 0 Å². The molecule has 0 saturated heterocycles. The van der Waals surface area contributed by atoms with E-state index >= 15 is 0 Å². The first kappa shape index (κ1) is 14.3. The third kappa shape index (κ3) is 5.70. The Morgan fingerprint density at radius 2 is 2.07 bits per heavy atom. The van der Waals surface area contributed by atoms with Gasteiger partial charge in [-0.1, -0.05) is 0 Å². The van der Waals surface area contributed by atoms with Gasteiger partial charge in [-0.2, -0.15) is 17.7 Å². The monoisotopic (exact) mass is 238 g/mol. The molecule has 0 radical (unpaired) electrons. The Morgan fingerprint density at radius 3 is 2.53 bits per heavy atom. The molecule has 0 rings (SSSR count). The summed E-state index contributed by atoms with van der Waals surface area (Å²) in [6.45, 7) is -0.685. The molecule has 15 heavy (non-hydrogen) atoms. The predicted molar refractivity (Wildman–Crippen MR) is 55.6 cm³/mol. The average Bonchev–Trinajstić information content (AvgIpc) is 2.26. The first-order chi connectivity index (χ1) is 7.02. The SMILES string of the molecule is O=C(CS)NN=C[C@H](O)[C@@H](O)[C@H](O)CO. The highest BCUT2D eigenvalue weighted by atomic mass is 32.1. The smallest absolute Gasteiger partial charge is 0.249 e. The first-order valence-corrected chi connectivity index (χ1v) is 4.74. The quantitative estimate of drug-likeness (QED) is 0.168. The predicted octanol–water partition coefficient (Wildman–Crippen LogP) is -2.91. The van der Waals surface area contributed by atoms with Gasteiger partial charge < -0.3 is 20.4 Å².